The van der Waals surface area contributed by atoms with Gasteiger partial charge in [0.2, 0.25) is 0 Å². The van der Waals surface area contributed by atoms with Crippen LogP contribution in [0.15, 0.2) is 59.8 Å². The number of hydroxylamine groups is 1. The van der Waals surface area contributed by atoms with Crippen molar-refractivity contribution in [3.8, 4) is 11.1 Å². The summed E-state index contributed by atoms with van der Waals surface area (Å²) in [7, 11) is 0. The minimum absolute atomic E-state index is 0.112. The van der Waals surface area contributed by atoms with Crippen LogP contribution in [0, 0.1) is 0 Å². The van der Waals surface area contributed by atoms with Crippen molar-refractivity contribution in [2.24, 2.45) is 0 Å². The lowest BCUT2D eigenvalue weighted by Crippen LogP contribution is -2.32. The van der Waals surface area contributed by atoms with Crippen molar-refractivity contribution in [3.63, 3.8) is 0 Å². The number of allylic oxidation sites excluding steroid dienone is 1. The molecule has 0 bridgehead atoms. The summed E-state index contributed by atoms with van der Waals surface area (Å²) >= 11 is 0. The van der Waals surface area contributed by atoms with Gasteiger partial charge in [-0.1, -0.05) is 48.5 Å². The number of hydrogen-bond acceptors (Lipinski definition) is 6. The lowest BCUT2D eigenvalue weighted by molar-refractivity contribution is -0.145. The number of fused-ring (bicyclic) bond motifs is 3. The Kier molecular flexibility index (Phi) is 6.92. The molecule has 2 aromatic rings. The van der Waals surface area contributed by atoms with Gasteiger partial charge in [0.1, 0.15) is 0 Å². The first-order valence-corrected chi connectivity index (χ1v) is 9.94. The van der Waals surface area contributed by atoms with Gasteiger partial charge in [-0.05, 0) is 43.0 Å². The van der Waals surface area contributed by atoms with Crippen LogP contribution in [0.4, 0.5) is 9.59 Å². The van der Waals surface area contributed by atoms with Crippen molar-refractivity contribution in [3.05, 3.63) is 70.9 Å². The van der Waals surface area contributed by atoms with E-state index in [2.05, 4.69) is 10.1 Å². The fourth-order valence-corrected chi connectivity index (χ4v) is 3.56. The highest BCUT2D eigenvalue weighted by molar-refractivity contribution is 5.92. The lowest BCUT2D eigenvalue weighted by atomic mass is 9.91. The number of benzene rings is 2. The molecule has 0 radical (unpaired) electrons. The number of nitrogens with one attached hydrogen (secondary N) is 2. The highest BCUT2D eigenvalue weighted by atomic mass is 16.7. The summed E-state index contributed by atoms with van der Waals surface area (Å²) in [6.45, 7) is 5.13. The molecule has 2 aromatic carbocycles. The van der Waals surface area contributed by atoms with E-state index in [1.807, 2.05) is 54.0 Å². The second kappa shape index (κ2) is 9.80. The van der Waals surface area contributed by atoms with Gasteiger partial charge in [0, 0.05) is 5.70 Å². The molecule has 3 rings (SSSR count). The van der Waals surface area contributed by atoms with Crippen LogP contribution in [0.25, 0.3) is 11.1 Å². The van der Waals surface area contributed by atoms with Crippen LogP contribution in [-0.2, 0) is 19.1 Å². The van der Waals surface area contributed by atoms with E-state index in [9.17, 15) is 14.4 Å². The molecule has 8 heteroatoms. The number of hydrogen-bond donors (Lipinski definition) is 2. The monoisotopic (exact) mass is 424 g/mol. The summed E-state index contributed by atoms with van der Waals surface area (Å²) in [5.74, 6) is -1.26. The van der Waals surface area contributed by atoms with Gasteiger partial charge in [0.15, 0.2) is 0 Å². The molecule has 2 N–H and O–H groups in total. The standard InChI is InChI=1S/C23H24N2O6/c1-4-29-22(27)24-20(14(3)21(26)31-25-23(28)30-5-2)19-17-12-8-6-10-15(17)16-11-7-9-13-18(16)19/h6-13,19H,4-5H2,1-3H3,(H,24,27)(H,25,28). The highest BCUT2D eigenvalue weighted by Crippen LogP contribution is 2.47. The molecule has 0 aromatic heterocycles. The fourth-order valence-electron chi connectivity index (χ4n) is 3.56. The number of ether oxygens (including phenoxy) is 2. The number of carbonyl (C=O) groups is 3. The largest absolute Gasteiger partial charge is 0.450 e. The quantitative estimate of drug-likeness (QED) is 0.427. The topological polar surface area (TPSA) is 103 Å². The maximum Gasteiger partial charge on any atom is 0.440 e. The summed E-state index contributed by atoms with van der Waals surface area (Å²) in [5, 5.41) is 2.71. The summed E-state index contributed by atoms with van der Waals surface area (Å²) in [5.41, 5.74) is 6.25. The molecule has 0 saturated heterocycles. The average molecular weight is 424 g/mol. The van der Waals surface area contributed by atoms with Gasteiger partial charge in [-0.25, -0.2) is 14.4 Å². The summed E-state index contributed by atoms with van der Waals surface area (Å²) in [6.07, 6.45) is -1.58. The van der Waals surface area contributed by atoms with Crippen LogP contribution in [-0.4, -0.2) is 31.4 Å². The number of amides is 2. The average Bonchev–Trinajstić information content (AvgIpc) is 3.10. The molecular weight excluding hydrogens is 400 g/mol. The zero-order valence-electron chi connectivity index (χ0n) is 17.6. The number of alkyl carbamates (subject to hydrolysis) is 1. The van der Waals surface area contributed by atoms with E-state index in [-0.39, 0.29) is 18.8 Å². The summed E-state index contributed by atoms with van der Waals surface area (Å²) < 4.78 is 9.73. The van der Waals surface area contributed by atoms with E-state index in [1.165, 1.54) is 6.92 Å². The Morgan fingerprint density at radius 3 is 1.90 bits per heavy atom. The minimum atomic E-state index is -0.889. The van der Waals surface area contributed by atoms with Crippen molar-refractivity contribution in [2.45, 2.75) is 26.7 Å². The zero-order valence-corrected chi connectivity index (χ0v) is 17.6. The first-order valence-electron chi connectivity index (χ1n) is 9.94. The van der Waals surface area contributed by atoms with Crippen LogP contribution in [0.5, 0.6) is 0 Å². The molecule has 0 unspecified atom stereocenters. The second-order valence-electron chi connectivity index (χ2n) is 6.70. The summed E-state index contributed by atoms with van der Waals surface area (Å²) in [4.78, 5) is 41.3. The predicted molar refractivity (Wildman–Crippen MR) is 113 cm³/mol. The van der Waals surface area contributed by atoms with E-state index < -0.39 is 24.1 Å². The molecule has 0 atom stereocenters. The lowest BCUT2D eigenvalue weighted by Gasteiger charge is -2.21. The Labute approximate surface area is 180 Å². The van der Waals surface area contributed by atoms with Gasteiger partial charge in [-0.3, -0.25) is 5.32 Å². The highest BCUT2D eigenvalue weighted by Gasteiger charge is 2.34. The van der Waals surface area contributed by atoms with Crippen molar-refractivity contribution >= 4 is 18.2 Å². The second-order valence-corrected chi connectivity index (χ2v) is 6.70. The van der Waals surface area contributed by atoms with Crippen LogP contribution in [0.1, 0.15) is 37.8 Å². The van der Waals surface area contributed by atoms with Crippen LogP contribution >= 0.6 is 0 Å². The Morgan fingerprint density at radius 1 is 0.839 bits per heavy atom. The predicted octanol–water partition coefficient (Wildman–Crippen LogP) is 4.02. The molecule has 2 amide bonds. The van der Waals surface area contributed by atoms with E-state index in [0.29, 0.717) is 5.70 Å². The van der Waals surface area contributed by atoms with Crippen molar-refractivity contribution in [1.82, 2.24) is 10.8 Å². The van der Waals surface area contributed by atoms with E-state index >= 15 is 0 Å². The minimum Gasteiger partial charge on any atom is -0.450 e. The zero-order chi connectivity index (χ0) is 22.4. The molecule has 162 valence electrons. The maximum absolute atomic E-state index is 12.7. The third-order valence-electron chi connectivity index (χ3n) is 4.85. The van der Waals surface area contributed by atoms with Gasteiger partial charge < -0.3 is 14.3 Å². The molecule has 0 aliphatic heterocycles. The molecule has 0 saturated carbocycles. The van der Waals surface area contributed by atoms with Crippen LogP contribution in [0.2, 0.25) is 0 Å². The molecule has 1 aliphatic carbocycles. The third-order valence-corrected chi connectivity index (χ3v) is 4.85. The number of rotatable bonds is 5. The van der Waals surface area contributed by atoms with Gasteiger partial charge in [0.25, 0.3) is 0 Å². The smallest absolute Gasteiger partial charge is 0.440 e. The van der Waals surface area contributed by atoms with E-state index in [4.69, 9.17) is 9.57 Å². The molecule has 0 heterocycles. The Balaban J connectivity index is 2.03. The van der Waals surface area contributed by atoms with Crippen LogP contribution in [0.3, 0.4) is 0 Å². The maximum atomic E-state index is 12.7. The van der Waals surface area contributed by atoms with Gasteiger partial charge in [-0.2, -0.15) is 0 Å². The first-order chi connectivity index (χ1) is 15.0. The van der Waals surface area contributed by atoms with Gasteiger partial charge in [0.05, 0.1) is 24.7 Å². The number of carbonyl (C=O) groups excluding carboxylic acids is 3. The van der Waals surface area contributed by atoms with Crippen molar-refractivity contribution in [1.29, 1.82) is 0 Å². The van der Waals surface area contributed by atoms with E-state index in [0.717, 1.165) is 22.3 Å². The van der Waals surface area contributed by atoms with Crippen molar-refractivity contribution in [2.75, 3.05) is 13.2 Å². The Morgan fingerprint density at radius 2 is 1.35 bits per heavy atom. The molecule has 0 fully saturated rings. The molecule has 31 heavy (non-hydrogen) atoms. The first kappa shape index (κ1) is 21.9. The van der Waals surface area contributed by atoms with E-state index in [1.54, 1.807) is 13.8 Å². The molecule has 8 nitrogen and oxygen atoms in total. The third kappa shape index (κ3) is 4.69. The van der Waals surface area contributed by atoms with Gasteiger partial charge in [-0.15, -0.1) is 5.48 Å². The molecule has 0 spiro atoms. The molecular formula is C23H24N2O6. The van der Waals surface area contributed by atoms with Crippen LogP contribution < -0.4 is 10.8 Å². The SMILES string of the molecule is CCOC(=O)NOC(=O)C(C)=C(NC(=O)OCC)C1c2ccccc2-c2ccccc21. The Bertz CT molecular complexity index is 985. The normalized spacial score (nSPS) is 12.7. The molecule has 1 aliphatic rings. The Hall–Kier alpha value is -3.81. The van der Waals surface area contributed by atoms with Crippen molar-refractivity contribution < 1.29 is 28.7 Å². The summed E-state index contributed by atoms with van der Waals surface area (Å²) in [6, 6.07) is 15.5. The van der Waals surface area contributed by atoms with Gasteiger partial charge >= 0.3 is 18.2 Å². The fraction of sp³-hybridized carbons (Fsp3) is 0.261.